The van der Waals surface area contributed by atoms with Crippen molar-refractivity contribution in [2.24, 2.45) is 0 Å². The third kappa shape index (κ3) is 3.45. The lowest BCUT2D eigenvalue weighted by molar-refractivity contribution is 0.0939. The second kappa shape index (κ2) is 7.03. The van der Waals surface area contributed by atoms with Gasteiger partial charge in [-0.15, -0.1) is 0 Å². The summed E-state index contributed by atoms with van der Waals surface area (Å²) < 4.78 is 0. The number of hydrogen-bond donors (Lipinski definition) is 2. The number of carbonyl (C=O) groups is 1. The molecule has 1 saturated carbocycles. The van der Waals surface area contributed by atoms with Crippen molar-refractivity contribution in [1.29, 1.82) is 0 Å². The second-order valence-corrected chi connectivity index (χ2v) is 7.33. The summed E-state index contributed by atoms with van der Waals surface area (Å²) >= 11 is 0. The third-order valence-corrected chi connectivity index (χ3v) is 5.20. The van der Waals surface area contributed by atoms with Crippen LogP contribution in [0.15, 0.2) is 43.0 Å². The largest absolute Gasteiger partial charge is 0.360 e. The summed E-state index contributed by atoms with van der Waals surface area (Å²) in [6.45, 7) is 1.48. The highest BCUT2D eigenvalue weighted by Gasteiger charge is 2.28. The van der Waals surface area contributed by atoms with Crippen LogP contribution in [0.25, 0.3) is 11.4 Å². The highest BCUT2D eigenvalue weighted by molar-refractivity contribution is 5.93. The van der Waals surface area contributed by atoms with Crippen molar-refractivity contribution in [1.82, 2.24) is 30.2 Å². The highest BCUT2D eigenvalue weighted by atomic mass is 16.1. The van der Waals surface area contributed by atoms with Crippen LogP contribution in [0.2, 0.25) is 0 Å². The van der Waals surface area contributed by atoms with Gasteiger partial charge in [0.2, 0.25) is 5.95 Å². The molecule has 8 nitrogen and oxygen atoms in total. The van der Waals surface area contributed by atoms with Gasteiger partial charge in [0, 0.05) is 49.8 Å². The van der Waals surface area contributed by atoms with E-state index in [1.165, 1.54) is 0 Å². The van der Waals surface area contributed by atoms with Gasteiger partial charge in [0.15, 0.2) is 0 Å². The molecule has 0 spiro atoms. The zero-order chi connectivity index (χ0) is 18.9. The Kier molecular flexibility index (Phi) is 4.23. The van der Waals surface area contributed by atoms with Crippen molar-refractivity contribution in [2.75, 3.05) is 18.0 Å². The summed E-state index contributed by atoms with van der Waals surface area (Å²) in [6.07, 6.45) is 10.1. The van der Waals surface area contributed by atoms with E-state index < -0.39 is 0 Å². The number of anilines is 1. The van der Waals surface area contributed by atoms with Crippen LogP contribution in [-0.4, -0.2) is 50.0 Å². The number of amides is 1. The van der Waals surface area contributed by atoms with Gasteiger partial charge in [-0.1, -0.05) is 0 Å². The molecule has 4 heterocycles. The number of rotatable bonds is 5. The lowest BCUT2D eigenvalue weighted by Gasteiger charge is -2.17. The first-order chi connectivity index (χ1) is 13.8. The minimum Gasteiger partial charge on any atom is -0.360 e. The Labute approximate surface area is 162 Å². The predicted octanol–water partition coefficient (Wildman–Crippen LogP) is 2.15. The Bertz CT molecular complexity index is 966. The maximum Gasteiger partial charge on any atom is 0.254 e. The summed E-state index contributed by atoms with van der Waals surface area (Å²) in [4.78, 5) is 35.5. The predicted molar refractivity (Wildman–Crippen MR) is 104 cm³/mol. The number of nitrogens with zero attached hydrogens (tertiary/aromatic N) is 5. The van der Waals surface area contributed by atoms with E-state index in [1.807, 2.05) is 24.4 Å². The Morgan fingerprint density at radius 2 is 2.00 bits per heavy atom. The molecule has 1 saturated heterocycles. The molecule has 1 atom stereocenters. The molecule has 0 bridgehead atoms. The van der Waals surface area contributed by atoms with Crippen LogP contribution < -0.4 is 10.2 Å². The standard InChI is InChI=1S/C20H21N7O/c28-19(14-10-23-18(24-11-14)13-3-4-13)25-15-6-9-27(12-15)20-22-8-5-17(26-20)16-2-1-7-21-16/h1-2,5,7-8,10-11,13,15,21H,3-4,6,9,12H2,(H,25,28). The van der Waals surface area contributed by atoms with Crippen LogP contribution in [0.5, 0.6) is 0 Å². The van der Waals surface area contributed by atoms with Crippen LogP contribution in [0.1, 0.15) is 41.4 Å². The fraction of sp³-hybridized carbons (Fsp3) is 0.350. The molecule has 3 aromatic heterocycles. The SMILES string of the molecule is O=C(NC1CCN(c2nccc(-c3ccc[nH]3)n2)C1)c1cnc(C2CC2)nc1. The van der Waals surface area contributed by atoms with Crippen molar-refractivity contribution in [2.45, 2.75) is 31.2 Å². The van der Waals surface area contributed by atoms with Crippen LogP contribution in [-0.2, 0) is 0 Å². The zero-order valence-electron chi connectivity index (χ0n) is 15.4. The summed E-state index contributed by atoms with van der Waals surface area (Å²) in [6, 6.07) is 5.86. The molecule has 8 heteroatoms. The molecular weight excluding hydrogens is 354 g/mol. The molecule has 28 heavy (non-hydrogen) atoms. The van der Waals surface area contributed by atoms with E-state index in [0.29, 0.717) is 24.0 Å². The van der Waals surface area contributed by atoms with E-state index in [2.05, 4.69) is 35.1 Å². The lowest BCUT2D eigenvalue weighted by Crippen LogP contribution is -2.37. The Balaban J connectivity index is 1.22. The average molecular weight is 375 g/mol. The molecule has 2 fully saturated rings. The number of nitrogens with one attached hydrogen (secondary N) is 2. The van der Waals surface area contributed by atoms with Crippen molar-refractivity contribution < 1.29 is 4.79 Å². The van der Waals surface area contributed by atoms with Gasteiger partial charge >= 0.3 is 0 Å². The van der Waals surface area contributed by atoms with Gasteiger partial charge in [-0.25, -0.2) is 19.9 Å². The average Bonchev–Trinajstić information content (AvgIpc) is 3.24. The zero-order valence-corrected chi connectivity index (χ0v) is 15.4. The molecule has 2 aliphatic rings. The molecule has 1 unspecified atom stereocenters. The van der Waals surface area contributed by atoms with E-state index >= 15 is 0 Å². The van der Waals surface area contributed by atoms with Crippen molar-refractivity contribution in [3.8, 4) is 11.4 Å². The number of aromatic nitrogens is 5. The quantitative estimate of drug-likeness (QED) is 0.709. The van der Waals surface area contributed by atoms with E-state index in [-0.39, 0.29) is 11.9 Å². The van der Waals surface area contributed by atoms with Gasteiger partial charge in [0.05, 0.1) is 17.0 Å². The first-order valence-corrected chi connectivity index (χ1v) is 9.61. The third-order valence-electron chi connectivity index (χ3n) is 5.20. The van der Waals surface area contributed by atoms with E-state index in [9.17, 15) is 4.79 Å². The Morgan fingerprint density at radius 1 is 1.14 bits per heavy atom. The second-order valence-electron chi connectivity index (χ2n) is 7.33. The summed E-state index contributed by atoms with van der Waals surface area (Å²) in [5, 5.41) is 3.08. The molecule has 142 valence electrons. The van der Waals surface area contributed by atoms with Crippen molar-refractivity contribution in [3.63, 3.8) is 0 Å². The van der Waals surface area contributed by atoms with Gasteiger partial charge in [0.25, 0.3) is 5.91 Å². The Morgan fingerprint density at radius 3 is 2.75 bits per heavy atom. The van der Waals surface area contributed by atoms with Gasteiger partial charge < -0.3 is 15.2 Å². The van der Waals surface area contributed by atoms with Crippen molar-refractivity contribution in [3.05, 3.63) is 54.4 Å². The minimum atomic E-state index is -0.129. The smallest absolute Gasteiger partial charge is 0.254 e. The number of carbonyl (C=O) groups excluding carboxylic acids is 1. The molecule has 3 aromatic rings. The fourth-order valence-corrected chi connectivity index (χ4v) is 3.48. The molecule has 2 N–H and O–H groups in total. The number of hydrogen-bond acceptors (Lipinski definition) is 6. The summed E-state index contributed by atoms with van der Waals surface area (Å²) in [5.74, 6) is 1.89. The fourth-order valence-electron chi connectivity index (χ4n) is 3.48. The van der Waals surface area contributed by atoms with Gasteiger partial charge in [-0.05, 0) is 37.5 Å². The first-order valence-electron chi connectivity index (χ1n) is 9.61. The minimum absolute atomic E-state index is 0.0494. The maximum atomic E-state index is 12.5. The first kappa shape index (κ1) is 16.9. The van der Waals surface area contributed by atoms with Gasteiger partial charge in [0.1, 0.15) is 5.82 Å². The van der Waals surface area contributed by atoms with Crippen LogP contribution in [0.4, 0.5) is 5.95 Å². The molecule has 1 aliphatic heterocycles. The monoisotopic (exact) mass is 375 g/mol. The van der Waals surface area contributed by atoms with Gasteiger partial charge in [-0.3, -0.25) is 4.79 Å². The molecule has 0 radical (unpaired) electrons. The highest BCUT2D eigenvalue weighted by Crippen LogP contribution is 2.37. The van der Waals surface area contributed by atoms with E-state index in [1.54, 1.807) is 18.6 Å². The summed E-state index contributed by atoms with van der Waals surface area (Å²) in [5.41, 5.74) is 2.32. The topological polar surface area (TPSA) is 99.7 Å². The lowest BCUT2D eigenvalue weighted by atomic mass is 10.2. The Hall–Kier alpha value is -3.29. The molecule has 0 aromatic carbocycles. The normalized spacial score (nSPS) is 19.0. The van der Waals surface area contributed by atoms with Gasteiger partial charge in [-0.2, -0.15) is 0 Å². The van der Waals surface area contributed by atoms with Crippen LogP contribution in [0.3, 0.4) is 0 Å². The molecule has 5 rings (SSSR count). The van der Waals surface area contributed by atoms with E-state index in [0.717, 1.165) is 43.0 Å². The molecule has 1 amide bonds. The van der Waals surface area contributed by atoms with Crippen LogP contribution in [0, 0.1) is 0 Å². The maximum absolute atomic E-state index is 12.5. The molecular formula is C20H21N7O. The van der Waals surface area contributed by atoms with Crippen molar-refractivity contribution >= 4 is 11.9 Å². The molecule has 1 aliphatic carbocycles. The number of aromatic amines is 1. The number of H-pyrrole nitrogens is 1. The van der Waals surface area contributed by atoms with E-state index in [4.69, 9.17) is 0 Å². The van der Waals surface area contributed by atoms with Crippen LogP contribution >= 0.6 is 0 Å². The summed E-state index contributed by atoms with van der Waals surface area (Å²) in [7, 11) is 0.